The molecule has 0 spiro atoms. The number of hydrogen-bond donors (Lipinski definition) is 2. The molecule has 0 bridgehead atoms. The van der Waals surface area contributed by atoms with Crippen molar-refractivity contribution in [2.45, 2.75) is 37.5 Å². The fourth-order valence-electron chi connectivity index (χ4n) is 1.33. The third-order valence-corrected chi connectivity index (χ3v) is 4.09. The van der Waals surface area contributed by atoms with Crippen molar-refractivity contribution in [2.24, 2.45) is 5.92 Å². The molecule has 0 aromatic carbocycles. The predicted molar refractivity (Wildman–Crippen MR) is 70.0 cm³/mol. The smallest absolute Gasteiger partial charge is 0.0897 e. The van der Waals surface area contributed by atoms with Gasteiger partial charge in [-0.1, -0.05) is 0 Å². The summed E-state index contributed by atoms with van der Waals surface area (Å²) in [7, 11) is 0. The highest BCUT2D eigenvalue weighted by Crippen LogP contribution is 2.28. The van der Waals surface area contributed by atoms with Gasteiger partial charge in [0.2, 0.25) is 0 Å². The van der Waals surface area contributed by atoms with Crippen molar-refractivity contribution >= 4 is 11.8 Å². The van der Waals surface area contributed by atoms with Crippen molar-refractivity contribution in [3.8, 4) is 0 Å². The second-order valence-corrected chi connectivity index (χ2v) is 6.74. The van der Waals surface area contributed by atoms with Crippen LogP contribution in [-0.2, 0) is 4.74 Å². The van der Waals surface area contributed by atoms with Gasteiger partial charge < -0.3 is 15.2 Å². The highest BCUT2D eigenvalue weighted by molar-refractivity contribution is 7.99. The van der Waals surface area contributed by atoms with E-state index in [4.69, 9.17) is 4.74 Å². The monoisotopic (exact) mass is 247 g/mol. The molecule has 0 radical (unpaired) electrons. The summed E-state index contributed by atoms with van der Waals surface area (Å²) in [6, 6.07) is 0. The van der Waals surface area contributed by atoms with Crippen LogP contribution < -0.4 is 5.32 Å². The van der Waals surface area contributed by atoms with Crippen LogP contribution >= 0.6 is 11.8 Å². The number of aliphatic hydroxyl groups excluding tert-OH is 1. The van der Waals surface area contributed by atoms with Crippen LogP contribution in [0.1, 0.15) is 26.7 Å². The van der Waals surface area contributed by atoms with Crippen molar-refractivity contribution < 1.29 is 9.84 Å². The largest absolute Gasteiger partial charge is 0.389 e. The summed E-state index contributed by atoms with van der Waals surface area (Å²) in [4.78, 5) is 0. The van der Waals surface area contributed by atoms with Gasteiger partial charge in [0.15, 0.2) is 0 Å². The van der Waals surface area contributed by atoms with Crippen LogP contribution in [0.2, 0.25) is 0 Å². The highest BCUT2D eigenvalue weighted by Gasteiger charge is 2.21. The molecule has 1 unspecified atom stereocenters. The van der Waals surface area contributed by atoms with E-state index >= 15 is 0 Å². The first-order valence-electron chi connectivity index (χ1n) is 6.05. The molecule has 0 amide bonds. The van der Waals surface area contributed by atoms with Gasteiger partial charge in [-0.15, -0.1) is 0 Å². The Bertz CT molecular complexity index is 195. The van der Waals surface area contributed by atoms with Crippen LogP contribution in [0.15, 0.2) is 0 Å². The van der Waals surface area contributed by atoms with E-state index in [9.17, 15) is 5.11 Å². The van der Waals surface area contributed by atoms with Gasteiger partial charge in [-0.05, 0) is 38.9 Å². The lowest BCUT2D eigenvalue weighted by Gasteiger charge is -2.23. The number of thioether (sulfide) groups is 1. The molecule has 0 aromatic rings. The molecule has 1 fully saturated rings. The average Bonchev–Trinajstić information content (AvgIpc) is 3.01. The van der Waals surface area contributed by atoms with E-state index in [-0.39, 0.29) is 10.9 Å². The summed E-state index contributed by atoms with van der Waals surface area (Å²) in [6.45, 7) is 7.21. The van der Waals surface area contributed by atoms with Gasteiger partial charge in [0.1, 0.15) is 0 Å². The highest BCUT2D eigenvalue weighted by atomic mass is 32.2. The maximum atomic E-state index is 9.66. The summed E-state index contributed by atoms with van der Waals surface area (Å²) in [5, 5.41) is 12.9. The molecule has 96 valence electrons. The average molecular weight is 247 g/mol. The maximum absolute atomic E-state index is 9.66. The Morgan fingerprint density at radius 2 is 2.19 bits per heavy atom. The molecule has 0 heterocycles. The molecular formula is C12H25NO2S. The van der Waals surface area contributed by atoms with Crippen LogP contribution in [0.25, 0.3) is 0 Å². The van der Waals surface area contributed by atoms with Crippen LogP contribution in [-0.4, -0.2) is 48.5 Å². The molecule has 3 nitrogen and oxygen atoms in total. The van der Waals surface area contributed by atoms with Gasteiger partial charge in [0, 0.05) is 24.4 Å². The van der Waals surface area contributed by atoms with Gasteiger partial charge in [-0.3, -0.25) is 0 Å². The van der Waals surface area contributed by atoms with Crippen molar-refractivity contribution in [3.63, 3.8) is 0 Å². The standard InChI is InChI=1S/C12H25NO2S/c1-12(2,16-3)9-13-6-11(14)8-15-7-10-4-5-10/h10-11,13-14H,4-9H2,1-3H3. The number of aliphatic hydroxyl groups is 1. The van der Waals surface area contributed by atoms with E-state index < -0.39 is 0 Å². The molecule has 0 aliphatic heterocycles. The van der Waals surface area contributed by atoms with E-state index in [2.05, 4.69) is 25.4 Å². The molecule has 4 heteroatoms. The minimum Gasteiger partial charge on any atom is -0.389 e. The van der Waals surface area contributed by atoms with Crippen LogP contribution in [0, 0.1) is 5.92 Å². The minimum absolute atomic E-state index is 0.231. The van der Waals surface area contributed by atoms with E-state index in [0.29, 0.717) is 13.2 Å². The van der Waals surface area contributed by atoms with E-state index in [1.54, 1.807) is 0 Å². The Kier molecular flexibility index (Phi) is 6.11. The van der Waals surface area contributed by atoms with E-state index in [1.165, 1.54) is 12.8 Å². The van der Waals surface area contributed by atoms with Crippen molar-refractivity contribution in [1.82, 2.24) is 5.32 Å². The first kappa shape index (κ1) is 14.3. The normalized spacial score (nSPS) is 18.8. The van der Waals surface area contributed by atoms with Crippen LogP contribution in [0.4, 0.5) is 0 Å². The second-order valence-electron chi connectivity index (χ2n) is 5.23. The molecule has 1 saturated carbocycles. The molecule has 0 aromatic heterocycles. The lowest BCUT2D eigenvalue weighted by atomic mass is 10.2. The van der Waals surface area contributed by atoms with Crippen LogP contribution in [0.3, 0.4) is 0 Å². The zero-order valence-corrected chi connectivity index (χ0v) is 11.5. The summed E-state index contributed by atoms with van der Waals surface area (Å²) in [5.41, 5.74) is 0. The zero-order chi connectivity index (χ0) is 12.0. The Labute approximate surface area is 103 Å². The lowest BCUT2D eigenvalue weighted by molar-refractivity contribution is 0.0325. The molecule has 1 rings (SSSR count). The maximum Gasteiger partial charge on any atom is 0.0897 e. The minimum atomic E-state index is -0.378. The molecule has 1 aliphatic carbocycles. The number of rotatable bonds is 9. The van der Waals surface area contributed by atoms with E-state index in [0.717, 1.165) is 19.1 Å². The van der Waals surface area contributed by atoms with Crippen molar-refractivity contribution in [2.75, 3.05) is 32.6 Å². The summed E-state index contributed by atoms with van der Waals surface area (Å²) in [5.74, 6) is 0.774. The van der Waals surface area contributed by atoms with Gasteiger partial charge in [-0.25, -0.2) is 0 Å². The Balaban J connectivity index is 1.94. The Morgan fingerprint density at radius 1 is 1.50 bits per heavy atom. The van der Waals surface area contributed by atoms with Crippen molar-refractivity contribution in [3.05, 3.63) is 0 Å². The number of hydrogen-bond acceptors (Lipinski definition) is 4. The third kappa shape index (κ3) is 6.74. The summed E-state index contributed by atoms with van der Waals surface area (Å²) >= 11 is 1.83. The SMILES string of the molecule is CSC(C)(C)CNCC(O)COCC1CC1. The third-order valence-electron chi connectivity index (χ3n) is 2.84. The number of ether oxygens (including phenoxy) is 1. The van der Waals surface area contributed by atoms with Gasteiger partial charge in [0.05, 0.1) is 12.7 Å². The Morgan fingerprint density at radius 3 is 2.75 bits per heavy atom. The first-order chi connectivity index (χ1) is 7.53. The quantitative estimate of drug-likeness (QED) is 0.648. The topological polar surface area (TPSA) is 41.5 Å². The summed E-state index contributed by atoms with van der Waals surface area (Å²) < 4.78 is 5.66. The molecular weight excluding hydrogens is 222 g/mol. The predicted octanol–water partition coefficient (Wildman–Crippen LogP) is 1.51. The van der Waals surface area contributed by atoms with Gasteiger partial charge in [-0.2, -0.15) is 11.8 Å². The Hall–Kier alpha value is 0.230. The van der Waals surface area contributed by atoms with Gasteiger partial charge in [0.25, 0.3) is 0 Å². The van der Waals surface area contributed by atoms with E-state index in [1.807, 2.05) is 11.8 Å². The molecule has 1 aliphatic rings. The molecule has 0 saturated heterocycles. The van der Waals surface area contributed by atoms with Crippen LogP contribution in [0.5, 0.6) is 0 Å². The lowest BCUT2D eigenvalue weighted by Crippen LogP contribution is -2.38. The first-order valence-corrected chi connectivity index (χ1v) is 7.27. The molecule has 16 heavy (non-hydrogen) atoms. The number of nitrogens with one attached hydrogen (secondary N) is 1. The molecule has 1 atom stereocenters. The second kappa shape index (κ2) is 6.84. The molecule has 2 N–H and O–H groups in total. The fraction of sp³-hybridized carbons (Fsp3) is 1.00. The van der Waals surface area contributed by atoms with Crippen molar-refractivity contribution in [1.29, 1.82) is 0 Å². The zero-order valence-electron chi connectivity index (χ0n) is 10.7. The van der Waals surface area contributed by atoms with Gasteiger partial charge >= 0.3 is 0 Å². The summed E-state index contributed by atoms with van der Waals surface area (Å²) in [6.07, 6.45) is 4.33. The fourth-order valence-corrected chi connectivity index (χ4v) is 1.57.